The number of carbonyl (C=O) groups is 1. The maximum absolute atomic E-state index is 11.9. The molecule has 0 aliphatic carbocycles. The van der Waals surface area contributed by atoms with Crippen LogP contribution in [0.3, 0.4) is 0 Å². The van der Waals surface area contributed by atoms with Gasteiger partial charge in [0.2, 0.25) is 5.13 Å². The number of rotatable bonds is 4. The van der Waals surface area contributed by atoms with Crippen molar-refractivity contribution in [3.63, 3.8) is 0 Å². The number of para-hydroxylation sites is 3. The molecule has 2 amide bonds. The third-order valence-electron chi connectivity index (χ3n) is 2.93. The molecule has 0 saturated heterocycles. The number of hydrogen-bond acceptors (Lipinski definition) is 5. The van der Waals surface area contributed by atoms with E-state index in [0.29, 0.717) is 16.6 Å². The molecule has 0 unspecified atom stereocenters. The molecule has 3 rings (SSSR count). The van der Waals surface area contributed by atoms with E-state index in [1.165, 1.54) is 11.3 Å². The number of fused-ring (bicyclic) bond motifs is 1. The second kappa shape index (κ2) is 6.31. The number of amides is 2. The largest absolute Gasteiger partial charge is 0.495 e. The molecule has 0 radical (unpaired) electrons. The van der Waals surface area contributed by atoms with Crippen LogP contribution in [0, 0.1) is 0 Å². The standard InChI is InChI=1S/C15H14N4O2S/c1-21-12-8-4-2-6-10(12)16-14(20)18-19-15-17-11-7-3-5-9-13(11)22-15/h2-9H,1H3,(H,17,19)(H2,16,18,20). The summed E-state index contributed by atoms with van der Waals surface area (Å²) >= 11 is 1.46. The molecule has 0 aliphatic rings. The first-order valence-electron chi connectivity index (χ1n) is 6.58. The molecular weight excluding hydrogens is 300 g/mol. The minimum atomic E-state index is -0.399. The lowest BCUT2D eigenvalue weighted by atomic mass is 10.3. The Balaban J connectivity index is 1.62. The second-order valence-corrected chi connectivity index (χ2v) is 5.42. The van der Waals surface area contributed by atoms with Crippen molar-refractivity contribution in [1.82, 2.24) is 10.4 Å². The van der Waals surface area contributed by atoms with Gasteiger partial charge in [0, 0.05) is 0 Å². The Morgan fingerprint density at radius 2 is 1.91 bits per heavy atom. The molecule has 3 N–H and O–H groups in total. The van der Waals surface area contributed by atoms with Gasteiger partial charge in [-0.1, -0.05) is 35.6 Å². The summed E-state index contributed by atoms with van der Waals surface area (Å²) in [6.45, 7) is 0. The Hall–Kier alpha value is -2.80. The van der Waals surface area contributed by atoms with Crippen LogP contribution in [-0.4, -0.2) is 18.1 Å². The van der Waals surface area contributed by atoms with Crippen molar-refractivity contribution in [2.24, 2.45) is 0 Å². The number of methoxy groups -OCH3 is 1. The van der Waals surface area contributed by atoms with Crippen LogP contribution in [0.15, 0.2) is 48.5 Å². The first-order valence-corrected chi connectivity index (χ1v) is 7.39. The summed E-state index contributed by atoms with van der Waals surface area (Å²) < 4.78 is 6.23. The van der Waals surface area contributed by atoms with Gasteiger partial charge in [-0.15, -0.1) is 0 Å². The fourth-order valence-electron chi connectivity index (χ4n) is 1.94. The third kappa shape index (κ3) is 3.09. The minimum Gasteiger partial charge on any atom is -0.495 e. The van der Waals surface area contributed by atoms with Crippen molar-refractivity contribution < 1.29 is 9.53 Å². The first-order chi connectivity index (χ1) is 10.8. The van der Waals surface area contributed by atoms with Gasteiger partial charge in [-0.25, -0.2) is 15.2 Å². The summed E-state index contributed by atoms with van der Waals surface area (Å²) in [5, 5.41) is 3.33. The van der Waals surface area contributed by atoms with Gasteiger partial charge in [-0.2, -0.15) is 0 Å². The highest BCUT2D eigenvalue weighted by molar-refractivity contribution is 7.22. The zero-order chi connectivity index (χ0) is 15.4. The van der Waals surface area contributed by atoms with Crippen molar-refractivity contribution in [2.75, 3.05) is 17.9 Å². The normalized spacial score (nSPS) is 10.2. The van der Waals surface area contributed by atoms with E-state index in [-0.39, 0.29) is 0 Å². The lowest BCUT2D eigenvalue weighted by Crippen LogP contribution is -2.33. The van der Waals surface area contributed by atoms with Gasteiger partial charge in [0.25, 0.3) is 0 Å². The van der Waals surface area contributed by atoms with E-state index < -0.39 is 6.03 Å². The monoisotopic (exact) mass is 314 g/mol. The Morgan fingerprint density at radius 1 is 1.14 bits per heavy atom. The van der Waals surface area contributed by atoms with Crippen LogP contribution in [0.4, 0.5) is 15.6 Å². The zero-order valence-corrected chi connectivity index (χ0v) is 12.6. The molecule has 2 aromatic carbocycles. The average Bonchev–Trinajstić information content (AvgIpc) is 2.96. The van der Waals surface area contributed by atoms with Crippen molar-refractivity contribution in [3.05, 3.63) is 48.5 Å². The molecule has 112 valence electrons. The molecule has 0 atom stereocenters. The highest BCUT2D eigenvalue weighted by Gasteiger charge is 2.07. The molecule has 6 nitrogen and oxygen atoms in total. The first kappa shape index (κ1) is 14.2. The van der Waals surface area contributed by atoms with E-state index in [0.717, 1.165) is 10.2 Å². The predicted molar refractivity (Wildman–Crippen MR) is 88.4 cm³/mol. The summed E-state index contributed by atoms with van der Waals surface area (Å²) in [7, 11) is 1.55. The number of benzene rings is 2. The van der Waals surface area contributed by atoms with Gasteiger partial charge < -0.3 is 10.1 Å². The van der Waals surface area contributed by atoms with Crippen LogP contribution in [0.5, 0.6) is 5.75 Å². The van der Waals surface area contributed by atoms with Gasteiger partial charge in [0.15, 0.2) is 0 Å². The van der Waals surface area contributed by atoms with E-state index in [4.69, 9.17) is 4.74 Å². The number of carbonyl (C=O) groups excluding carboxylic acids is 1. The Morgan fingerprint density at radius 3 is 2.73 bits per heavy atom. The molecular formula is C15H14N4O2S. The SMILES string of the molecule is COc1ccccc1NC(=O)NNc1nc2ccccc2s1. The minimum absolute atomic E-state index is 0.399. The summed E-state index contributed by atoms with van der Waals surface area (Å²) in [5.74, 6) is 0.595. The number of anilines is 2. The van der Waals surface area contributed by atoms with Crippen molar-refractivity contribution in [3.8, 4) is 5.75 Å². The van der Waals surface area contributed by atoms with Crippen molar-refractivity contribution in [1.29, 1.82) is 0 Å². The van der Waals surface area contributed by atoms with E-state index >= 15 is 0 Å². The highest BCUT2D eigenvalue weighted by Crippen LogP contribution is 2.25. The zero-order valence-electron chi connectivity index (χ0n) is 11.8. The number of nitrogens with one attached hydrogen (secondary N) is 3. The van der Waals surface area contributed by atoms with Gasteiger partial charge in [0.05, 0.1) is 23.0 Å². The number of hydrogen-bond donors (Lipinski definition) is 3. The second-order valence-electron chi connectivity index (χ2n) is 4.39. The van der Waals surface area contributed by atoms with E-state index in [9.17, 15) is 4.79 Å². The van der Waals surface area contributed by atoms with Crippen LogP contribution >= 0.6 is 11.3 Å². The fourth-order valence-corrected chi connectivity index (χ4v) is 2.76. The highest BCUT2D eigenvalue weighted by atomic mass is 32.1. The van der Waals surface area contributed by atoms with Gasteiger partial charge >= 0.3 is 6.03 Å². The summed E-state index contributed by atoms with van der Waals surface area (Å²) in [6.07, 6.45) is 0. The number of thiazole rings is 1. The Kier molecular flexibility index (Phi) is 4.06. The van der Waals surface area contributed by atoms with Gasteiger partial charge in [0.1, 0.15) is 5.75 Å². The molecule has 7 heteroatoms. The lowest BCUT2D eigenvalue weighted by Gasteiger charge is -2.10. The number of aromatic nitrogens is 1. The number of ether oxygens (including phenoxy) is 1. The topological polar surface area (TPSA) is 75.3 Å². The fraction of sp³-hybridized carbons (Fsp3) is 0.0667. The van der Waals surface area contributed by atoms with Crippen LogP contribution in [0.1, 0.15) is 0 Å². The quantitative estimate of drug-likeness (QED) is 0.645. The van der Waals surface area contributed by atoms with Crippen molar-refractivity contribution in [2.45, 2.75) is 0 Å². The molecule has 22 heavy (non-hydrogen) atoms. The maximum Gasteiger partial charge on any atom is 0.338 e. The Bertz CT molecular complexity index is 770. The Labute approximate surface area is 131 Å². The predicted octanol–water partition coefficient (Wildman–Crippen LogP) is 3.45. The molecule has 0 bridgehead atoms. The molecule has 0 saturated carbocycles. The van der Waals surface area contributed by atoms with Crippen LogP contribution in [0.25, 0.3) is 10.2 Å². The number of nitrogens with zero attached hydrogens (tertiary/aromatic N) is 1. The van der Waals surface area contributed by atoms with E-state index in [2.05, 4.69) is 21.2 Å². The smallest absolute Gasteiger partial charge is 0.338 e. The van der Waals surface area contributed by atoms with Crippen LogP contribution < -0.4 is 20.9 Å². The maximum atomic E-state index is 11.9. The van der Waals surface area contributed by atoms with E-state index in [1.54, 1.807) is 19.2 Å². The van der Waals surface area contributed by atoms with Gasteiger partial charge in [-0.05, 0) is 24.3 Å². The summed E-state index contributed by atoms with van der Waals surface area (Å²) in [5.41, 5.74) is 6.83. The average molecular weight is 314 g/mol. The molecule has 0 aliphatic heterocycles. The van der Waals surface area contributed by atoms with Crippen LogP contribution in [-0.2, 0) is 0 Å². The summed E-state index contributed by atoms with van der Waals surface area (Å²) in [6, 6.07) is 14.6. The number of hydrazine groups is 1. The van der Waals surface area contributed by atoms with Gasteiger partial charge in [-0.3, -0.25) is 5.43 Å². The molecule has 3 aromatic rings. The van der Waals surface area contributed by atoms with Crippen LogP contribution in [0.2, 0.25) is 0 Å². The lowest BCUT2D eigenvalue weighted by molar-refractivity contribution is 0.253. The third-order valence-corrected chi connectivity index (χ3v) is 3.88. The van der Waals surface area contributed by atoms with Crippen molar-refractivity contribution >= 4 is 38.4 Å². The molecule has 0 fully saturated rings. The van der Waals surface area contributed by atoms with E-state index in [1.807, 2.05) is 36.4 Å². The number of urea groups is 1. The molecule has 1 aromatic heterocycles. The molecule has 1 heterocycles. The molecule has 0 spiro atoms. The summed E-state index contributed by atoms with van der Waals surface area (Å²) in [4.78, 5) is 16.3.